The van der Waals surface area contributed by atoms with Crippen LogP contribution < -0.4 is 4.74 Å². The second-order valence-electron chi connectivity index (χ2n) is 8.13. The van der Waals surface area contributed by atoms with E-state index in [1.807, 2.05) is 30.3 Å². The molecule has 0 spiro atoms. The number of aliphatic hydroxyl groups is 1. The Morgan fingerprint density at radius 3 is 2.64 bits per heavy atom. The molecule has 1 fully saturated rings. The first-order chi connectivity index (χ1) is 15.8. The molecule has 2 heterocycles. The van der Waals surface area contributed by atoms with Gasteiger partial charge in [0.05, 0.1) is 18.4 Å². The molecule has 3 aromatic rings. The molecule has 0 saturated carbocycles. The molecule has 1 atom stereocenters. The average Bonchev–Trinajstić information content (AvgIpc) is 3.48. The van der Waals surface area contributed by atoms with E-state index in [1.165, 1.54) is 13.2 Å². The first-order valence-electron chi connectivity index (χ1n) is 10.4. The van der Waals surface area contributed by atoms with E-state index in [-0.39, 0.29) is 28.6 Å². The smallest absolute Gasteiger partial charge is 0.272 e. The van der Waals surface area contributed by atoms with Gasteiger partial charge in [0, 0.05) is 31.4 Å². The molecule has 33 heavy (non-hydrogen) atoms. The molecule has 0 bridgehead atoms. The predicted octanol–water partition coefficient (Wildman–Crippen LogP) is 1.24. The number of carbonyl (C=O) groups is 1. The first-order valence-corrected chi connectivity index (χ1v) is 12.3. The van der Waals surface area contributed by atoms with Crippen LogP contribution in [0.15, 0.2) is 53.7 Å². The summed E-state index contributed by atoms with van der Waals surface area (Å²) in [4.78, 5) is 15.3. The van der Waals surface area contributed by atoms with Gasteiger partial charge in [0.25, 0.3) is 11.1 Å². The van der Waals surface area contributed by atoms with E-state index in [2.05, 4.69) is 15.5 Å². The van der Waals surface area contributed by atoms with Crippen LogP contribution in [0, 0.1) is 0 Å². The van der Waals surface area contributed by atoms with Crippen LogP contribution >= 0.6 is 0 Å². The number of amides is 1. The SMILES string of the molecule is COc1ccc(-n2nnnc2S(C)(=O)=O)cc1C(=O)N1CCC(CCO)(c2ccccc2)C1. The van der Waals surface area contributed by atoms with E-state index in [0.717, 1.165) is 22.9 Å². The summed E-state index contributed by atoms with van der Waals surface area (Å²) in [6.07, 6.45) is 2.27. The molecule has 2 aromatic carbocycles. The molecule has 1 aliphatic rings. The molecule has 1 N–H and O–H groups in total. The molecule has 174 valence electrons. The number of tetrazole rings is 1. The van der Waals surface area contributed by atoms with Crippen LogP contribution in [0.25, 0.3) is 5.69 Å². The van der Waals surface area contributed by atoms with Crippen LogP contribution in [-0.4, -0.2) is 77.6 Å². The van der Waals surface area contributed by atoms with E-state index < -0.39 is 9.84 Å². The van der Waals surface area contributed by atoms with E-state index in [9.17, 15) is 18.3 Å². The zero-order chi connectivity index (χ0) is 23.6. The number of benzene rings is 2. The van der Waals surface area contributed by atoms with Gasteiger partial charge < -0.3 is 14.7 Å². The van der Waals surface area contributed by atoms with E-state index in [1.54, 1.807) is 17.0 Å². The lowest BCUT2D eigenvalue weighted by Gasteiger charge is -2.29. The summed E-state index contributed by atoms with van der Waals surface area (Å²) in [6.45, 7) is 0.979. The number of likely N-dealkylation sites (tertiary alicyclic amines) is 1. The molecule has 1 aliphatic heterocycles. The topological polar surface area (TPSA) is 128 Å². The number of aromatic nitrogens is 4. The van der Waals surface area contributed by atoms with Crippen molar-refractivity contribution < 1.29 is 23.1 Å². The fourth-order valence-corrected chi connectivity index (χ4v) is 5.01. The van der Waals surface area contributed by atoms with Gasteiger partial charge in [-0.1, -0.05) is 35.4 Å². The Morgan fingerprint density at radius 2 is 1.97 bits per heavy atom. The van der Waals surface area contributed by atoms with Crippen molar-refractivity contribution in [3.8, 4) is 11.4 Å². The van der Waals surface area contributed by atoms with E-state index in [4.69, 9.17) is 4.74 Å². The van der Waals surface area contributed by atoms with Crippen molar-refractivity contribution >= 4 is 15.7 Å². The Morgan fingerprint density at radius 1 is 1.21 bits per heavy atom. The second kappa shape index (κ2) is 8.91. The number of hydrogen-bond acceptors (Lipinski definition) is 8. The van der Waals surface area contributed by atoms with Gasteiger partial charge in [-0.05, 0) is 47.0 Å². The summed E-state index contributed by atoms with van der Waals surface area (Å²) < 4.78 is 30.5. The summed E-state index contributed by atoms with van der Waals surface area (Å²) in [5.74, 6) is 0.107. The Bertz CT molecular complexity index is 1260. The van der Waals surface area contributed by atoms with Gasteiger partial charge in [-0.3, -0.25) is 4.79 Å². The zero-order valence-electron chi connectivity index (χ0n) is 18.4. The maximum absolute atomic E-state index is 13.6. The van der Waals surface area contributed by atoms with E-state index >= 15 is 0 Å². The third-order valence-electron chi connectivity index (χ3n) is 6.05. The number of ether oxygens (including phenoxy) is 1. The minimum Gasteiger partial charge on any atom is -0.496 e. The van der Waals surface area contributed by atoms with Crippen molar-refractivity contribution in [1.82, 2.24) is 25.1 Å². The minimum atomic E-state index is -3.68. The van der Waals surface area contributed by atoms with Gasteiger partial charge >= 0.3 is 0 Å². The van der Waals surface area contributed by atoms with Crippen molar-refractivity contribution in [2.45, 2.75) is 23.4 Å². The molecule has 0 radical (unpaired) electrons. The highest BCUT2D eigenvalue weighted by Gasteiger charge is 2.41. The summed E-state index contributed by atoms with van der Waals surface area (Å²) in [5, 5.41) is 20.2. The first kappa shape index (κ1) is 22.9. The third kappa shape index (κ3) is 4.33. The summed E-state index contributed by atoms with van der Waals surface area (Å²) in [6, 6.07) is 14.6. The highest BCUT2D eigenvalue weighted by atomic mass is 32.2. The molecular weight excluding hydrogens is 446 g/mol. The Labute approximate surface area is 191 Å². The maximum atomic E-state index is 13.6. The average molecular weight is 472 g/mol. The van der Waals surface area contributed by atoms with Gasteiger partial charge in [-0.2, -0.15) is 4.68 Å². The fourth-order valence-electron chi connectivity index (χ4n) is 4.37. The number of hydrogen-bond donors (Lipinski definition) is 1. The molecule has 10 nitrogen and oxygen atoms in total. The van der Waals surface area contributed by atoms with Crippen molar-refractivity contribution in [2.75, 3.05) is 33.1 Å². The van der Waals surface area contributed by atoms with Crippen molar-refractivity contribution in [2.24, 2.45) is 0 Å². The van der Waals surface area contributed by atoms with Crippen LogP contribution in [0.2, 0.25) is 0 Å². The second-order valence-corrected chi connectivity index (χ2v) is 10.0. The molecular formula is C22H25N5O5S. The quantitative estimate of drug-likeness (QED) is 0.545. The lowest BCUT2D eigenvalue weighted by molar-refractivity contribution is 0.0776. The zero-order valence-corrected chi connectivity index (χ0v) is 19.2. The highest BCUT2D eigenvalue weighted by molar-refractivity contribution is 7.90. The van der Waals surface area contributed by atoms with Gasteiger partial charge in [0.15, 0.2) is 0 Å². The minimum absolute atomic E-state index is 0.0172. The highest BCUT2D eigenvalue weighted by Crippen LogP contribution is 2.38. The van der Waals surface area contributed by atoms with Gasteiger partial charge in [-0.15, -0.1) is 0 Å². The molecule has 0 aliphatic carbocycles. The molecule has 1 saturated heterocycles. The van der Waals surface area contributed by atoms with Crippen LogP contribution in [0.3, 0.4) is 0 Å². The molecule has 1 aromatic heterocycles. The lowest BCUT2D eigenvalue weighted by atomic mass is 9.77. The molecule has 4 rings (SSSR count). The number of methoxy groups -OCH3 is 1. The van der Waals surface area contributed by atoms with E-state index in [0.29, 0.717) is 30.9 Å². The Balaban J connectivity index is 1.69. The van der Waals surface area contributed by atoms with Gasteiger partial charge in [0.2, 0.25) is 9.84 Å². The third-order valence-corrected chi connectivity index (χ3v) is 6.97. The van der Waals surface area contributed by atoms with Crippen LogP contribution in [0.4, 0.5) is 0 Å². The largest absolute Gasteiger partial charge is 0.496 e. The van der Waals surface area contributed by atoms with Crippen molar-refractivity contribution in [3.05, 3.63) is 59.7 Å². The number of aliphatic hydroxyl groups excluding tert-OH is 1. The predicted molar refractivity (Wildman–Crippen MR) is 119 cm³/mol. The van der Waals surface area contributed by atoms with Gasteiger partial charge in [-0.25, -0.2) is 8.42 Å². The summed E-state index contributed by atoms with van der Waals surface area (Å²) in [7, 11) is -2.21. The van der Waals surface area contributed by atoms with Crippen LogP contribution in [0.1, 0.15) is 28.8 Å². The Hall–Kier alpha value is -3.31. The van der Waals surface area contributed by atoms with Crippen molar-refractivity contribution in [1.29, 1.82) is 0 Å². The summed E-state index contributed by atoms with van der Waals surface area (Å²) in [5.41, 5.74) is 1.35. The molecule has 11 heteroatoms. The van der Waals surface area contributed by atoms with Gasteiger partial charge in [0.1, 0.15) is 5.75 Å². The summed E-state index contributed by atoms with van der Waals surface area (Å²) >= 11 is 0. The number of sulfone groups is 1. The van der Waals surface area contributed by atoms with Crippen LogP contribution in [-0.2, 0) is 15.3 Å². The maximum Gasteiger partial charge on any atom is 0.272 e. The van der Waals surface area contributed by atoms with Crippen molar-refractivity contribution in [3.63, 3.8) is 0 Å². The molecule has 1 amide bonds. The monoisotopic (exact) mass is 471 g/mol. The number of rotatable bonds is 7. The lowest BCUT2D eigenvalue weighted by Crippen LogP contribution is -2.35. The normalized spacial score (nSPS) is 18.5. The number of nitrogens with zero attached hydrogens (tertiary/aromatic N) is 5. The molecule has 1 unspecified atom stereocenters. The van der Waals surface area contributed by atoms with Crippen LogP contribution in [0.5, 0.6) is 5.75 Å². The Kier molecular flexibility index (Phi) is 6.17. The number of carbonyl (C=O) groups excluding carboxylic acids is 1. The standard InChI is InChI=1S/C22H25N5O5S/c1-32-19-9-8-17(27-21(23-24-25-27)33(2,30)31)14-18(19)20(29)26-12-10-22(15-26,11-13-28)16-6-4-3-5-7-16/h3-9,14,28H,10-13,15H2,1-2H3. The fraction of sp³-hybridized carbons (Fsp3) is 0.364.